The monoisotopic (exact) mass is 374 g/mol. The van der Waals surface area contributed by atoms with Crippen molar-refractivity contribution < 1.29 is 9.18 Å². The van der Waals surface area contributed by atoms with Gasteiger partial charge in [-0.2, -0.15) is 0 Å². The van der Waals surface area contributed by atoms with Gasteiger partial charge in [-0.25, -0.2) is 4.39 Å². The molecule has 0 aliphatic carbocycles. The Morgan fingerprint density at radius 3 is 2.52 bits per heavy atom. The molecule has 0 fully saturated rings. The highest BCUT2D eigenvalue weighted by Gasteiger charge is 2.23. The molecule has 0 saturated heterocycles. The van der Waals surface area contributed by atoms with Gasteiger partial charge in [0.1, 0.15) is 11.1 Å². The van der Waals surface area contributed by atoms with E-state index in [0.717, 1.165) is 11.1 Å². The van der Waals surface area contributed by atoms with Gasteiger partial charge in [0.05, 0.1) is 0 Å². The van der Waals surface area contributed by atoms with E-state index < -0.39 is 5.25 Å². The Labute approximate surface area is 152 Å². The highest BCUT2D eigenvalue weighted by Crippen LogP contribution is 2.37. The van der Waals surface area contributed by atoms with Crippen LogP contribution in [0.5, 0.6) is 0 Å². The van der Waals surface area contributed by atoms with Crippen LogP contribution in [-0.2, 0) is 11.3 Å². The van der Waals surface area contributed by atoms with Gasteiger partial charge in [0.2, 0.25) is 11.0 Å². The smallest absolute Gasteiger partial charge is 0.238 e. The van der Waals surface area contributed by atoms with Crippen molar-refractivity contribution in [1.29, 1.82) is 0 Å². The van der Waals surface area contributed by atoms with Crippen molar-refractivity contribution in [1.82, 2.24) is 15.5 Å². The van der Waals surface area contributed by atoms with Gasteiger partial charge in [-0.3, -0.25) is 4.79 Å². The lowest BCUT2D eigenvalue weighted by Gasteiger charge is -2.15. The number of nitrogen functional groups attached to an aromatic ring is 1. The molecule has 5 nitrogen and oxygen atoms in total. The van der Waals surface area contributed by atoms with E-state index in [-0.39, 0.29) is 11.7 Å². The van der Waals surface area contributed by atoms with Crippen molar-refractivity contribution in [3.05, 3.63) is 71.5 Å². The highest BCUT2D eigenvalue weighted by molar-refractivity contribution is 8.01. The predicted molar refractivity (Wildman–Crippen MR) is 97.6 cm³/mol. The van der Waals surface area contributed by atoms with Crippen LogP contribution in [0.15, 0.2) is 58.9 Å². The van der Waals surface area contributed by atoms with Gasteiger partial charge in [0, 0.05) is 6.54 Å². The zero-order valence-corrected chi connectivity index (χ0v) is 14.7. The number of carbonyl (C=O) groups excluding carboxylic acids is 1. The molecule has 1 amide bonds. The zero-order valence-electron chi connectivity index (χ0n) is 13.1. The van der Waals surface area contributed by atoms with Crippen LogP contribution in [0.25, 0.3) is 0 Å². The fourth-order valence-electron chi connectivity index (χ4n) is 2.15. The van der Waals surface area contributed by atoms with Crippen LogP contribution in [0.4, 0.5) is 9.52 Å². The molecule has 8 heteroatoms. The second kappa shape index (κ2) is 8.09. The number of amides is 1. The summed E-state index contributed by atoms with van der Waals surface area (Å²) in [4.78, 5) is 12.7. The third-order valence-corrected chi connectivity index (χ3v) is 5.45. The van der Waals surface area contributed by atoms with Crippen molar-refractivity contribution >= 4 is 34.1 Å². The van der Waals surface area contributed by atoms with E-state index in [2.05, 4.69) is 15.5 Å². The van der Waals surface area contributed by atoms with Crippen LogP contribution in [0.3, 0.4) is 0 Å². The largest absolute Gasteiger partial charge is 0.374 e. The van der Waals surface area contributed by atoms with Gasteiger partial charge in [-0.15, -0.1) is 10.2 Å². The number of nitrogens with one attached hydrogen (secondary N) is 1. The van der Waals surface area contributed by atoms with Crippen LogP contribution in [0, 0.1) is 5.82 Å². The normalized spacial score (nSPS) is 11.9. The second-order valence-electron chi connectivity index (χ2n) is 5.16. The maximum Gasteiger partial charge on any atom is 0.238 e. The predicted octanol–water partition coefficient (Wildman–Crippen LogP) is 3.41. The van der Waals surface area contributed by atoms with Gasteiger partial charge < -0.3 is 11.1 Å². The van der Waals surface area contributed by atoms with Crippen molar-refractivity contribution in [2.75, 3.05) is 5.73 Å². The number of anilines is 1. The maximum absolute atomic E-state index is 13.0. The number of benzene rings is 2. The lowest BCUT2D eigenvalue weighted by molar-refractivity contribution is -0.120. The standard InChI is InChI=1S/C17H15FN4OS2/c18-13-8-6-11(7-9-13)10-20-15(23)14(12-4-2-1-3-5-12)24-17-22-21-16(19)25-17/h1-9,14H,10H2,(H2,19,21)(H,20,23)/t14-/m1/s1. The third kappa shape index (κ3) is 4.77. The molecule has 1 atom stereocenters. The summed E-state index contributed by atoms with van der Waals surface area (Å²) < 4.78 is 13.6. The molecule has 3 aromatic rings. The van der Waals surface area contributed by atoms with Gasteiger partial charge in [0.15, 0.2) is 4.34 Å². The van der Waals surface area contributed by atoms with Crippen molar-refractivity contribution in [2.45, 2.75) is 16.1 Å². The van der Waals surface area contributed by atoms with Gasteiger partial charge in [-0.05, 0) is 23.3 Å². The average Bonchev–Trinajstić information content (AvgIpc) is 3.05. The molecular formula is C17H15FN4OS2. The van der Waals surface area contributed by atoms with E-state index >= 15 is 0 Å². The van der Waals surface area contributed by atoms with Gasteiger partial charge in [0.25, 0.3) is 0 Å². The molecule has 128 valence electrons. The summed E-state index contributed by atoms with van der Waals surface area (Å²) in [5, 5.41) is 10.5. The number of aromatic nitrogens is 2. The molecular weight excluding hydrogens is 359 g/mol. The molecule has 1 aromatic heterocycles. The third-order valence-electron chi connectivity index (χ3n) is 3.36. The van der Waals surface area contributed by atoms with Crippen LogP contribution in [0.2, 0.25) is 0 Å². The van der Waals surface area contributed by atoms with E-state index in [4.69, 9.17) is 5.73 Å². The van der Waals surface area contributed by atoms with Crippen LogP contribution >= 0.6 is 23.1 Å². The Morgan fingerprint density at radius 2 is 1.88 bits per heavy atom. The second-order valence-corrected chi connectivity index (χ2v) is 7.52. The molecule has 2 aromatic carbocycles. The Hall–Kier alpha value is -2.45. The molecule has 0 aliphatic rings. The van der Waals surface area contributed by atoms with E-state index in [9.17, 15) is 9.18 Å². The van der Waals surface area contributed by atoms with E-state index in [0.29, 0.717) is 16.0 Å². The van der Waals surface area contributed by atoms with Crippen molar-refractivity contribution in [2.24, 2.45) is 0 Å². The van der Waals surface area contributed by atoms with Crippen molar-refractivity contribution in [3.8, 4) is 0 Å². The summed E-state index contributed by atoms with van der Waals surface area (Å²) in [6, 6.07) is 15.5. The first-order chi connectivity index (χ1) is 12.1. The topological polar surface area (TPSA) is 80.9 Å². The fourth-order valence-corrected chi connectivity index (χ4v) is 4.01. The molecule has 25 heavy (non-hydrogen) atoms. The Bertz CT molecular complexity index is 839. The fraction of sp³-hybridized carbons (Fsp3) is 0.118. The van der Waals surface area contributed by atoms with Crippen LogP contribution < -0.4 is 11.1 Å². The van der Waals surface area contributed by atoms with Crippen molar-refractivity contribution in [3.63, 3.8) is 0 Å². The average molecular weight is 374 g/mol. The summed E-state index contributed by atoms with van der Waals surface area (Å²) in [7, 11) is 0. The molecule has 0 saturated carbocycles. The molecule has 0 radical (unpaired) electrons. The summed E-state index contributed by atoms with van der Waals surface area (Å²) in [6.45, 7) is 0.321. The minimum atomic E-state index is -0.478. The quantitative estimate of drug-likeness (QED) is 0.646. The molecule has 0 spiro atoms. The number of nitrogens with two attached hydrogens (primary N) is 1. The summed E-state index contributed by atoms with van der Waals surface area (Å²) in [6.07, 6.45) is 0. The van der Waals surface area contributed by atoms with Gasteiger partial charge >= 0.3 is 0 Å². The molecule has 0 aliphatic heterocycles. The Balaban J connectivity index is 1.73. The lowest BCUT2D eigenvalue weighted by atomic mass is 10.1. The first kappa shape index (κ1) is 17.4. The minimum absolute atomic E-state index is 0.158. The number of thioether (sulfide) groups is 1. The molecule has 3 rings (SSSR count). The van der Waals surface area contributed by atoms with Gasteiger partial charge in [-0.1, -0.05) is 65.6 Å². The Morgan fingerprint density at radius 1 is 1.16 bits per heavy atom. The minimum Gasteiger partial charge on any atom is -0.374 e. The maximum atomic E-state index is 13.0. The zero-order chi connectivity index (χ0) is 17.6. The first-order valence-electron chi connectivity index (χ1n) is 7.44. The number of nitrogens with zero attached hydrogens (tertiary/aromatic N) is 2. The summed E-state index contributed by atoms with van der Waals surface area (Å²) in [5.41, 5.74) is 7.30. The van der Waals surface area contributed by atoms with Crippen LogP contribution in [0.1, 0.15) is 16.4 Å². The summed E-state index contributed by atoms with van der Waals surface area (Å²) in [5.74, 6) is -0.462. The highest BCUT2D eigenvalue weighted by atomic mass is 32.2. The lowest BCUT2D eigenvalue weighted by Crippen LogP contribution is -2.27. The summed E-state index contributed by atoms with van der Waals surface area (Å²) >= 11 is 2.54. The number of hydrogen-bond acceptors (Lipinski definition) is 6. The molecule has 1 heterocycles. The molecule has 0 unspecified atom stereocenters. The van der Waals surface area contributed by atoms with E-state index in [1.54, 1.807) is 12.1 Å². The van der Waals surface area contributed by atoms with E-state index in [1.807, 2.05) is 30.3 Å². The number of rotatable bonds is 6. The Kier molecular flexibility index (Phi) is 5.62. The number of halogens is 1. The first-order valence-corrected chi connectivity index (χ1v) is 9.14. The molecule has 3 N–H and O–H groups in total. The molecule has 0 bridgehead atoms. The number of carbonyl (C=O) groups is 1. The van der Waals surface area contributed by atoms with E-state index in [1.165, 1.54) is 35.2 Å². The van der Waals surface area contributed by atoms with Crippen LogP contribution in [-0.4, -0.2) is 16.1 Å². The number of hydrogen-bond donors (Lipinski definition) is 2. The SMILES string of the molecule is Nc1nnc(S[C@@H](C(=O)NCc2ccc(F)cc2)c2ccccc2)s1.